The predicted molar refractivity (Wildman–Crippen MR) is 325 cm³/mol. The van der Waals surface area contributed by atoms with Crippen LogP contribution in [0.4, 0.5) is 17.1 Å². The molecule has 0 aliphatic heterocycles. The molecule has 78 heavy (non-hydrogen) atoms. The number of anilines is 3. The third kappa shape index (κ3) is 6.13. The number of fused-ring (bicyclic) bond motifs is 20. The molecule has 16 rings (SSSR count). The van der Waals surface area contributed by atoms with Gasteiger partial charge in [-0.1, -0.05) is 244 Å². The predicted octanol–water partition coefficient (Wildman–Crippen LogP) is 19.5. The Morgan fingerprint density at radius 3 is 1.21 bits per heavy atom. The number of nitrogens with zero attached hydrogens (tertiary/aromatic N) is 1. The first-order chi connectivity index (χ1) is 38.4. The van der Waals surface area contributed by atoms with E-state index in [1.807, 2.05) is 0 Å². The Kier molecular flexibility index (Phi) is 9.58. The highest BCUT2D eigenvalue weighted by molar-refractivity contribution is 5.96. The second-order valence-electron chi connectivity index (χ2n) is 22.3. The molecule has 366 valence electrons. The molecule has 1 nitrogen and oxygen atoms in total. The zero-order chi connectivity index (χ0) is 51.7. The van der Waals surface area contributed by atoms with Gasteiger partial charge in [0.1, 0.15) is 0 Å². The number of rotatable bonds is 6. The number of para-hydroxylation sites is 2. The first kappa shape index (κ1) is 44.7. The SMILES string of the molecule is CC1(C)c2cc(/C=C/c3ccc4cc(-c5ccc6c(c5)C5(c7ccccc7-c7ccccc75)c5ccccc5C65c6ccccc6-c6ccccc65)ccc4c3)ccc2-c2ccc(N(c3ccccc3)c3ccccc3)cc21. The largest absolute Gasteiger partial charge is 0.310 e. The van der Waals surface area contributed by atoms with E-state index in [0.29, 0.717) is 0 Å². The normalized spacial score (nSPS) is 14.8. The average molecular weight is 992 g/mol. The number of hydrogen-bond acceptors (Lipinski definition) is 1. The lowest BCUT2D eigenvalue weighted by atomic mass is 9.52. The van der Waals surface area contributed by atoms with Crippen LogP contribution >= 0.6 is 0 Å². The monoisotopic (exact) mass is 991 g/mol. The van der Waals surface area contributed by atoms with E-state index in [1.165, 1.54) is 122 Å². The molecule has 0 saturated carbocycles. The van der Waals surface area contributed by atoms with Crippen molar-refractivity contribution >= 4 is 40.0 Å². The van der Waals surface area contributed by atoms with Gasteiger partial charge >= 0.3 is 0 Å². The Labute approximate surface area is 456 Å². The van der Waals surface area contributed by atoms with E-state index in [0.717, 1.165) is 17.1 Å². The molecule has 4 aliphatic rings. The summed E-state index contributed by atoms with van der Waals surface area (Å²) in [5.41, 5.74) is 28.5. The minimum absolute atomic E-state index is 0.172. The van der Waals surface area contributed by atoms with E-state index in [9.17, 15) is 0 Å². The van der Waals surface area contributed by atoms with Crippen molar-refractivity contribution in [1.29, 1.82) is 0 Å². The second-order valence-corrected chi connectivity index (χ2v) is 22.3. The number of hydrogen-bond donors (Lipinski definition) is 0. The topological polar surface area (TPSA) is 3.24 Å². The Hall–Kier alpha value is -9.56. The minimum atomic E-state index is -0.528. The van der Waals surface area contributed by atoms with Crippen molar-refractivity contribution in [3.05, 3.63) is 340 Å². The summed E-state index contributed by atoms with van der Waals surface area (Å²) in [6.45, 7) is 4.75. The summed E-state index contributed by atoms with van der Waals surface area (Å²) in [7, 11) is 0. The Morgan fingerprint density at radius 1 is 0.256 bits per heavy atom. The van der Waals surface area contributed by atoms with Crippen LogP contribution < -0.4 is 4.90 Å². The smallest absolute Gasteiger partial charge is 0.0720 e. The molecule has 4 aliphatic carbocycles. The second kappa shape index (κ2) is 16.7. The summed E-state index contributed by atoms with van der Waals surface area (Å²) in [5, 5.41) is 2.45. The van der Waals surface area contributed by atoms with Gasteiger partial charge in [0, 0.05) is 22.5 Å². The molecule has 0 aromatic heterocycles. The summed E-state index contributed by atoms with van der Waals surface area (Å²) in [6.07, 6.45) is 4.55. The van der Waals surface area contributed by atoms with Crippen molar-refractivity contribution < 1.29 is 0 Å². The summed E-state index contributed by atoms with van der Waals surface area (Å²) >= 11 is 0. The highest BCUT2D eigenvalue weighted by atomic mass is 15.1. The van der Waals surface area contributed by atoms with Gasteiger partial charge in [-0.05, 0) is 177 Å². The van der Waals surface area contributed by atoms with Crippen LogP contribution in [-0.2, 0) is 16.2 Å². The summed E-state index contributed by atoms with van der Waals surface area (Å²) < 4.78 is 0. The molecular formula is C77H53N. The fraction of sp³-hybridized carbons (Fsp3) is 0.0649. The van der Waals surface area contributed by atoms with Gasteiger partial charge in [0.25, 0.3) is 0 Å². The molecule has 0 fully saturated rings. The number of benzene rings is 12. The van der Waals surface area contributed by atoms with Gasteiger partial charge in [-0.15, -0.1) is 0 Å². The van der Waals surface area contributed by atoms with E-state index in [4.69, 9.17) is 0 Å². The molecule has 0 atom stereocenters. The van der Waals surface area contributed by atoms with Crippen molar-refractivity contribution in [2.24, 2.45) is 0 Å². The Balaban J connectivity index is 0.769. The highest BCUT2D eigenvalue weighted by Gasteiger charge is 2.59. The standard InChI is InChI=1S/C77H53N/c1-75(2)72-46-51(36-42-63(72)64-43-41-58(49-73(64)75)78(56-19-5-3-6-20-56)57-21-7-4-8-22-57)34-33-50-35-37-53-47-54(39-38-52(53)45-50)55-40-44-71-74(48-55)77(67-29-15-11-25-61(67)62-26-12-16-30-68(62)77)70-32-18-17-31-69(70)76(71)65-27-13-9-23-59(65)60-24-10-14-28-66(60)76/h3-49H,1-2H3/b34-33+. The van der Waals surface area contributed by atoms with Crippen LogP contribution in [-0.4, -0.2) is 0 Å². The lowest BCUT2D eigenvalue weighted by Gasteiger charge is -2.49. The molecule has 0 amide bonds. The van der Waals surface area contributed by atoms with Crippen LogP contribution in [0, 0.1) is 0 Å². The molecular weight excluding hydrogens is 939 g/mol. The fourth-order valence-electron chi connectivity index (χ4n) is 14.7. The van der Waals surface area contributed by atoms with Crippen LogP contribution in [0.3, 0.4) is 0 Å². The van der Waals surface area contributed by atoms with Gasteiger partial charge < -0.3 is 4.90 Å². The molecule has 12 aromatic carbocycles. The summed E-state index contributed by atoms with van der Waals surface area (Å²) in [6, 6.07) is 103. The fourth-order valence-corrected chi connectivity index (χ4v) is 14.7. The van der Waals surface area contributed by atoms with Crippen LogP contribution in [0.2, 0.25) is 0 Å². The summed E-state index contributed by atoms with van der Waals surface area (Å²) in [4.78, 5) is 2.36. The van der Waals surface area contributed by atoms with E-state index < -0.39 is 10.8 Å². The van der Waals surface area contributed by atoms with Crippen LogP contribution in [0.5, 0.6) is 0 Å². The van der Waals surface area contributed by atoms with Crippen molar-refractivity contribution in [1.82, 2.24) is 0 Å². The van der Waals surface area contributed by atoms with E-state index in [2.05, 4.69) is 304 Å². The van der Waals surface area contributed by atoms with Gasteiger partial charge in [0.15, 0.2) is 0 Å². The van der Waals surface area contributed by atoms with Crippen LogP contribution in [0.25, 0.3) is 67.4 Å². The van der Waals surface area contributed by atoms with Gasteiger partial charge in [-0.3, -0.25) is 0 Å². The van der Waals surface area contributed by atoms with Crippen LogP contribution in [0.1, 0.15) is 80.6 Å². The highest BCUT2D eigenvalue weighted by Crippen LogP contribution is 2.67. The van der Waals surface area contributed by atoms with Gasteiger partial charge in [0.2, 0.25) is 0 Å². The third-order valence-electron chi connectivity index (χ3n) is 18.1. The average Bonchev–Trinajstić information content (AvgIpc) is 3.43. The summed E-state index contributed by atoms with van der Waals surface area (Å²) in [5.74, 6) is 0. The molecule has 0 bridgehead atoms. The van der Waals surface area contributed by atoms with E-state index in [-0.39, 0.29) is 5.41 Å². The molecule has 0 heterocycles. The lowest BCUT2D eigenvalue weighted by Crippen LogP contribution is -2.43. The minimum Gasteiger partial charge on any atom is -0.310 e. The maximum Gasteiger partial charge on any atom is 0.0720 e. The maximum absolute atomic E-state index is 2.56. The van der Waals surface area contributed by atoms with Crippen molar-refractivity contribution in [3.63, 3.8) is 0 Å². The molecule has 0 N–H and O–H groups in total. The van der Waals surface area contributed by atoms with E-state index in [1.54, 1.807) is 0 Å². The molecule has 0 saturated heterocycles. The quantitative estimate of drug-likeness (QED) is 0.150. The Bertz CT molecular complexity index is 4350. The Morgan fingerprint density at radius 2 is 0.641 bits per heavy atom. The van der Waals surface area contributed by atoms with E-state index >= 15 is 0 Å². The van der Waals surface area contributed by atoms with Crippen molar-refractivity contribution in [3.8, 4) is 44.5 Å². The molecule has 0 unspecified atom stereocenters. The molecule has 0 radical (unpaired) electrons. The maximum atomic E-state index is 2.56. The van der Waals surface area contributed by atoms with Crippen LogP contribution in [0.15, 0.2) is 273 Å². The van der Waals surface area contributed by atoms with Gasteiger partial charge in [0.05, 0.1) is 10.8 Å². The zero-order valence-corrected chi connectivity index (χ0v) is 43.6. The zero-order valence-electron chi connectivity index (χ0n) is 43.6. The van der Waals surface area contributed by atoms with Gasteiger partial charge in [-0.2, -0.15) is 0 Å². The first-order valence-corrected chi connectivity index (χ1v) is 27.5. The molecule has 2 spiro atoms. The van der Waals surface area contributed by atoms with Crippen molar-refractivity contribution in [2.75, 3.05) is 4.90 Å². The molecule has 1 heteroatoms. The first-order valence-electron chi connectivity index (χ1n) is 27.5. The molecule has 12 aromatic rings. The third-order valence-corrected chi connectivity index (χ3v) is 18.1. The van der Waals surface area contributed by atoms with Gasteiger partial charge in [-0.25, -0.2) is 0 Å². The van der Waals surface area contributed by atoms with Crippen molar-refractivity contribution in [2.45, 2.75) is 30.1 Å². The lowest BCUT2D eigenvalue weighted by molar-refractivity contribution is 0.633.